The van der Waals surface area contributed by atoms with E-state index in [1.807, 2.05) is 49.5 Å². The van der Waals surface area contributed by atoms with Gasteiger partial charge in [0.1, 0.15) is 5.00 Å². The van der Waals surface area contributed by atoms with Crippen molar-refractivity contribution in [2.75, 3.05) is 25.5 Å². The minimum absolute atomic E-state index is 0.223. The number of ether oxygens (including phenoxy) is 2. The summed E-state index contributed by atoms with van der Waals surface area (Å²) in [6, 6.07) is 15.6. The molecule has 0 fully saturated rings. The SMILES string of the molecule is CCOC(=O)c1c(NC(=O)C(C)OC(=O)c2c3c(nc4ccccc24)CCN(C)C3)sc2c1CCc1ccccc1-2. The zero-order valence-corrected chi connectivity index (χ0v) is 24.1. The zero-order chi connectivity index (χ0) is 28.7. The first kappa shape index (κ1) is 27.1. The van der Waals surface area contributed by atoms with Crippen LogP contribution in [0.15, 0.2) is 48.5 Å². The molecule has 2 aromatic carbocycles. The monoisotopic (exact) mass is 569 g/mol. The number of benzene rings is 2. The van der Waals surface area contributed by atoms with Crippen molar-refractivity contribution in [2.24, 2.45) is 0 Å². The number of nitrogens with zero attached hydrogens (tertiary/aromatic N) is 2. The molecule has 1 N–H and O–H groups in total. The fourth-order valence-electron chi connectivity index (χ4n) is 5.69. The number of rotatable bonds is 6. The third kappa shape index (κ3) is 5.00. The number of amides is 1. The Morgan fingerprint density at radius 1 is 1.00 bits per heavy atom. The lowest BCUT2D eigenvalue weighted by atomic mass is 9.89. The molecule has 9 heteroatoms. The van der Waals surface area contributed by atoms with Gasteiger partial charge in [-0.1, -0.05) is 42.5 Å². The van der Waals surface area contributed by atoms with E-state index in [0.717, 1.165) is 52.2 Å². The number of hydrogen-bond acceptors (Lipinski definition) is 8. The number of esters is 2. The van der Waals surface area contributed by atoms with Crippen LogP contribution in [0.2, 0.25) is 0 Å². The number of hydrogen-bond donors (Lipinski definition) is 1. The summed E-state index contributed by atoms with van der Waals surface area (Å²) in [5.41, 5.74) is 6.42. The highest BCUT2D eigenvalue weighted by atomic mass is 32.1. The van der Waals surface area contributed by atoms with E-state index >= 15 is 0 Å². The van der Waals surface area contributed by atoms with Gasteiger partial charge >= 0.3 is 11.9 Å². The molecule has 8 nitrogen and oxygen atoms in total. The Bertz CT molecular complexity index is 1690. The van der Waals surface area contributed by atoms with Crippen LogP contribution >= 0.6 is 11.3 Å². The van der Waals surface area contributed by atoms with Crippen molar-refractivity contribution in [1.82, 2.24) is 9.88 Å². The van der Waals surface area contributed by atoms with Crippen LogP contribution in [0.1, 0.15) is 56.9 Å². The molecule has 1 unspecified atom stereocenters. The number of aromatic nitrogens is 1. The summed E-state index contributed by atoms with van der Waals surface area (Å²) >= 11 is 1.35. The second-order valence-corrected chi connectivity index (χ2v) is 11.5. The number of likely N-dealkylation sites (N-methyl/N-ethyl adjacent to an activating group) is 1. The number of thiophene rings is 1. The molecule has 1 aliphatic carbocycles. The normalized spacial score (nSPS) is 14.9. The Labute approximate surface area is 242 Å². The minimum Gasteiger partial charge on any atom is -0.462 e. The quantitative estimate of drug-likeness (QED) is 0.310. The molecular weight excluding hydrogens is 538 g/mol. The van der Waals surface area contributed by atoms with Crippen molar-refractivity contribution in [3.05, 3.63) is 82.0 Å². The molecule has 0 bridgehead atoms. The summed E-state index contributed by atoms with van der Waals surface area (Å²) in [4.78, 5) is 48.0. The van der Waals surface area contributed by atoms with Gasteiger partial charge in [0, 0.05) is 41.0 Å². The van der Waals surface area contributed by atoms with Crippen LogP contribution in [0.4, 0.5) is 5.00 Å². The molecule has 0 saturated heterocycles. The lowest BCUT2D eigenvalue weighted by Gasteiger charge is -2.27. The molecule has 41 heavy (non-hydrogen) atoms. The maximum absolute atomic E-state index is 13.6. The van der Waals surface area contributed by atoms with Crippen LogP contribution in [0.3, 0.4) is 0 Å². The topological polar surface area (TPSA) is 97.8 Å². The van der Waals surface area contributed by atoms with Crippen LogP contribution in [-0.4, -0.2) is 54.0 Å². The van der Waals surface area contributed by atoms with Crippen molar-refractivity contribution in [3.63, 3.8) is 0 Å². The first-order valence-corrected chi connectivity index (χ1v) is 14.7. The number of pyridine rings is 1. The molecule has 2 aliphatic rings. The number of para-hydroxylation sites is 1. The molecule has 0 saturated carbocycles. The molecule has 4 aromatic rings. The first-order valence-electron chi connectivity index (χ1n) is 13.9. The second kappa shape index (κ2) is 11.1. The van der Waals surface area contributed by atoms with Crippen LogP contribution in [-0.2, 0) is 40.1 Å². The average molecular weight is 570 g/mol. The standard InChI is InChI=1S/C32H31N3O5S/c1-4-39-31(37)27-22-14-13-19-9-5-6-10-20(19)28(22)41-30(27)34-29(36)18(2)40-32(38)26-21-11-7-8-12-24(21)33-25-15-16-35(3)17-23(25)26/h5-12,18H,4,13-17H2,1-3H3,(H,34,36). The summed E-state index contributed by atoms with van der Waals surface area (Å²) in [5.74, 6) is -1.55. The predicted octanol–water partition coefficient (Wildman–Crippen LogP) is 5.41. The van der Waals surface area contributed by atoms with Gasteiger partial charge in [0.2, 0.25) is 0 Å². The van der Waals surface area contributed by atoms with E-state index in [1.54, 1.807) is 13.8 Å². The Kier molecular flexibility index (Phi) is 7.32. The first-order chi connectivity index (χ1) is 19.9. The maximum atomic E-state index is 13.6. The number of aryl methyl sites for hydroxylation is 1. The summed E-state index contributed by atoms with van der Waals surface area (Å²) in [6.45, 7) is 4.95. The van der Waals surface area contributed by atoms with Gasteiger partial charge in [-0.2, -0.15) is 0 Å². The summed E-state index contributed by atoms with van der Waals surface area (Å²) < 4.78 is 11.1. The molecule has 0 spiro atoms. The number of carbonyl (C=O) groups is 3. The smallest absolute Gasteiger partial charge is 0.341 e. The Balaban J connectivity index is 1.29. The molecule has 1 atom stereocenters. The van der Waals surface area contributed by atoms with Crippen molar-refractivity contribution in [3.8, 4) is 10.4 Å². The van der Waals surface area contributed by atoms with Gasteiger partial charge in [-0.15, -0.1) is 11.3 Å². The number of carbonyl (C=O) groups excluding carboxylic acids is 3. The fraction of sp³-hybridized carbons (Fsp3) is 0.312. The number of fused-ring (bicyclic) bond motifs is 5. The number of nitrogens with one attached hydrogen (secondary N) is 1. The van der Waals surface area contributed by atoms with Crippen LogP contribution in [0, 0.1) is 0 Å². The molecule has 0 radical (unpaired) electrons. The molecule has 1 aliphatic heterocycles. The van der Waals surface area contributed by atoms with Crippen LogP contribution in [0.5, 0.6) is 0 Å². The van der Waals surface area contributed by atoms with Gasteiger partial charge in [-0.3, -0.25) is 9.78 Å². The molecule has 3 heterocycles. The van der Waals surface area contributed by atoms with E-state index < -0.39 is 23.9 Å². The lowest BCUT2D eigenvalue weighted by molar-refractivity contribution is -0.123. The van der Waals surface area contributed by atoms with Crippen LogP contribution < -0.4 is 5.32 Å². The number of anilines is 1. The van der Waals surface area contributed by atoms with E-state index in [9.17, 15) is 14.4 Å². The van der Waals surface area contributed by atoms with Crippen LogP contribution in [0.25, 0.3) is 21.3 Å². The van der Waals surface area contributed by atoms with E-state index in [4.69, 9.17) is 14.5 Å². The third-order valence-corrected chi connectivity index (χ3v) is 8.90. The highest BCUT2D eigenvalue weighted by Crippen LogP contribution is 2.45. The Morgan fingerprint density at radius 2 is 1.78 bits per heavy atom. The Morgan fingerprint density at radius 3 is 2.61 bits per heavy atom. The molecular formula is C32H31N3O5S. The molecule has 1 amide bonds. The van der Waals surface area contributed by atoms with Crippen molar-refractivity contribution >= 4 is 45.1 Å². The highest BCUT2D eigenvalue weighted by Gasteiger charge is 2.32. The average Bonchev–Trinajstić information content (AvgIpc) is 3.34. The molecule has 210 valence electrons. The summed E-state index contributed by atoms with van der Waals surface area (Å²) in [7, 11) is 2.00. The van der Waals surface area contributed by atoms with Gasteiger partial charge in [-0.05, 0) is 56.5 Å². The van der Waals surface area contributed by atoms with Gasteiger partial charge < -0.3 is 19.7 Å². The second-order valence-electron chi connectivity index (χ2n) is 10.4. The molecule has 6 rings (SSSR count). The van der Waals surface area contributed by atoms with Gasteiger partial charge in [-0.25, -0.2) is 9.59 Å². The minimum atomic E-state index is -1.10. The predicted molar refractivity (Wildman–Crippen MR) is 158 cm³/mol. The fourth-order valence-corrected chi connectivity index (χ4v) is 6.99. The maximum Gasteiger partial charge on any atom is 0.341 e. The summed E-state index contributed by atoms with van der Waals surface area (Å²) in [6.07, 6.45) is 1.10. The van der Waals surface area contributed by atoms with Gasteiger partial charge in [0.25, 0.3) is 5.91 Å². The van der Waals surface area contributed by atoms with Crippen molar-refractivity contribution < 1.29 is 23.9 Å². The van der Waals surface area contributed by atoms with Crippen molar-refractivity contribution in [2.45, 2.75) is 45.8 Å². The third-order valence-electron chi connectivity index (χ3n) is 7.72. The van der Waals surface area contributed by atoms with Crippen molar-refractivity contribution in [1.29, 1.82) is 0 Å². The van der Waals surface area contributed by atoms with E-state index in [2.05, 4.69) is 16.3 Å². The Hall–Kier alpha value is -4.08. The van der Waals surface area contributed by atoms with E-state index in [-0.39, 0.29) is 6.61 Å². The van der Waals surface area contributed by atoms with Gasteiger partial charge in [0.15, 0.2) is 6.10 Å². The zero-order valence-electron chi connectivity index (χ0n) is 23.3. The largest absolute Gasteiger partial charge is 0.462 e. The molecule has 2 aromatic heterocycles. The summed E-state index contributed by atoms with van der Waals surface area (Å²) in [5, 5.41) is 3.99. The van der Waals surface area contributed by atoms with E-state index in [0.29, 0.717) is 34.5 Å². The van der Waals surface area contributed by atoms with Gasteiger partial charge in [0.05, 0.1) is 23.3 Å². The van der Waals surface area contributed by atoms with E-state index in [1.165, 1.54) is 16.9 Å². The lowest BCUT2D eigenvalue weighted by Crippen LogP contribution is -2.32. The highest BCUT2D eigenvalue weighted by molar-refractivity contribution is 7.20.